The fraction of sp³-hybridized carbons (Fsp3) is 0.400. The Balaban J connectivity index is 0. The van der Waals surface area contributed by atoms with Gasteiger partial charge in [-0.3, -0.25) is 0 Å². The van der Waals surface area contributed by atoms with Gasteiger partial charge in [-0.2, -0.15) is 9.59 Å². The lowest BCUT2D eigenvalue weighted by Crippen LogP contribution is -1.40. The molecule has 8 heavy (non-hydrogen) atoms. The molecule has 0 spiro atoms. The van der Waals surface area contributed by atoms with Crippen molar-refractivity contribution in [3.8, 4) is 0 Å². The van der Waals surface area contributed by atoms with Crippen molar-refractivity contribution in [3.63, 3.8) is 0 Å². The molecule has 0 unspecified atom stereocenters. The van der Waals surface area contributed by atoms with E-state index in [4.69, 9.17) is 9.59 Å². The lowest BCUT2D eigenvalue weighted by Gasteiger charge is -1.63. The normalized spacial score (nSPS) is 7.25. The molecule has 0 aromatic heterocycles. The van der Waals surface area contributed by atoms with Crippen molar-refractivity contribution in [2.24, 2.45) is 0 Å². The molecule has 0 N–H and O–H groups in total. The van der Waals surface area contributed by atoms with E-state index in [9.17, 15) is 0 Å². The molecule has 0 saturated heterocycles. The lowest BCUT2D eigenvalue weighted by atomic mass is 10.5. The van der Waals surface area contributed by atoms with Crippen molar-refractivity contribution >= 4 is 22.1 Å². The molecule has 3 heteroatoms. The molecule has 0 aliphatic rings. The summed E-state index contributed by atoms with van der Waals surface area (Å²) in [5.41, 5.74) is 0. The summed E-state index contributed by atoms with van der Waals surface area (Å²) in [7, 11) is 0. The molecule has 0 aromatic carbocycles. The van der Waals surface area contributed by atoms with E-state index in [1.54, 1.807) is 0 Å². The molecule has 0 saturated carbocycles. The summed E-state index contributed by atoms with van der Waals surface area (Å²) in [6, 6.07) is 0. The van der Waals surface area contributed by atoms with Crippen LogP contribution in [0.4, 0.5) is 0 Å². The molecule has 0 aromatic rings. The van der Waals surface area contributed by atoms with Crippen LogP contribution in [-0.2, 0) is 9.59 Å². The minimum atomic E-state index is 0.250. The highest BCUT2D eigenvalue weighted by molar-refractivity contribution is 9.11. The first kappa shape index (κ1) is 10.6. The molecule has 0 bridgehead atoms. The Labute approximate surface area is 56.7 Å². The molecular formula is C5H7BrO2. The van der Waals surface area contributed by atoms with Crippen molar-refractivity contribution in [2.75, 3.05) is 0 Å². The summed E-state index contributed by atoms with van der Waals surface area (Å²) >= 11 is 3.13. The number of rotatable bonds is 1. The van der Waals surface area contributed by atoms with Crippen molar-refractivity contribution < 1.29 is 9.59 Å². The first-order valence-corrected chi connectivity index (χ1v) is 2.99. The third kappa shape index (κ3) is 46.3. The van der Waals surface area contributed by atoms with Crippen LogP contribution in [-0.4, -0.2) is 6.15 Å². The second-order valence-corrected chi connectivity index (χ2v) is 1.38. The van der Waals surface area contributed by atoms with E-state index < -0.39 is 0 Å². The fourth-order valence-electron chi connectivity index (χ4n) is 0.0891. The standard InChI is InChI=1S/C4H7Br.CO2/c1-2-3-4-5;2-1-3/h3-4H,2H2,1H3;/b4-3-;. The van der Waals surface area contributed by atoms with Gasteiger partial charge in [-0.05, 0) is 11.4 Å². The van der Waals surface area contributed by atoms with E-state index in [-0.39, 0.29) is 6.15 Å². The molecule has 0 rings (SSSR count). The van der Waals surface area contributed by atoms with Gasteiger partial charge in [-0.25, -0.2) is 0 Å². The Morgan fingerprint density at radius 2 is 2.00 bits per heavy atom. The van der Waals surface area contributed by atoms with Gasteiger partial charge in [0, 0.05) is 0 Å². The van der Waals surface area contributed by atoms with E-state index in [0.717, 1.165) is 6.42 Å². The maximum Gasteiger partial charge on any atom is 0.373 e. The zero-order valence-electron chi connectivity index (χ0n) is 4.56. The van der Waals surface area contributed by atoms with Gasteiger partial charge < -0.3 is 0 Å². The maximum absolute atomic E-state index is 8.12. The van der Waals surface area contributed by atoms with E-state index in [1.807, 2.05) is 11.1 Å². The van der Waals surface area contributed by atoms with E-state index in [0.29, 0.717) is 0 Å². The van der Waals surface area contributed by atoms with Crippen LogP contribution in [0.2, 0.25) is 0 Å². The van der Waals surface area contributed by atoms with Crippen LogP contribution in [0, 0.1) is 0 Å². The van der Waals surface area contributed by atoms with E-state index >= 15 is 0 Å². The number of carbonyl (C=O) groups excluding carboxylic acids is 2. The van der Waals surface area contributed by atoms with Crippen LogP contribution in [0.15, 0.2) is 11.1 Å². The van der Waals surface area contributed by atoms with Crippen LogP contribution in [0.5, 0.6) is 0 Å². The molecular weight excluding hydrogens is 172 g/mol. The molecule has 0 amide bonds. The van der Waals surface area contributed by atoms with Gasteiger partial charge in [0.05, 0.1) is 0 Å². The van der Waals surface area contributed by atoms with Gasteiger partial charge in [0.15, 0.2) is 0 Å². The summed E-state index contributed by atoms with van der Waals surface area (Å²) in [5, 5.41) is 0. The Morgan fingerprint density at radius 3 is 2.00 bits per heavy atom. The first-order valence-electron chi connectivity index (χ1n) is 2.08. The van der Waals surface area contributed by atoms with E-state index in [1.165, 1.54) is 0 Å². The van der Waals surface area contributed by atoms with E-state index in [2.05, 4.69) is 22.9 Å². The summed E-state index contributed by atoms with van der Waals surface area (Å²) in [6.07, 6.45) is 3.41. The van der Waals surface area contributed by atoms with Crippen LogP contribution in [0.25, 0.3) is 0 Å². The summed E-state index contributed by atoms with van der Waals surface area (Å²) in [5.74, 6) is 0. The molecule has 2 nitrogen and oxygen atoms in total. The van der Waals surface area contributed by atoms with Crippen molar-refractivity contribution in [2.45, 2.75) is 13.3 Å². The van der Waals surface area contributed by atoms with Crippen LogP contribution >= 0.6 is 15.9 Å². The summed E-state index contributed by atoms with van der Waals surface area (Å²) in [6.45, 7) is 2.10. The first-order chi connectivity index (χ1) is 3.83. The van der Waals surface area contributed by atoms with Crippen molar-refractivity contribution in [1.82, 2.24) is 0 Å². The van der Waals surface area contributed by atoms with Gasteiger partial charge in [0.2, 0.25) is 0 Å². The highest BCUT2D eigenvalue weighted by Gasteiger charge is 1.53. The Kier molecular flexibility index (Phi) is 21.1. The SMILES string of the molecule is CC/C=C\Br.O=C=O. The highest BCUT2D eigenvalue weighted by Crippen LogP contribution is 1.83. The Morgan fingerprint density at radius 1 is 1.62 bits per heavy atom. The van der Waals surface area contributed by atoms with Crippen molar-refractivity contribution in [1.29, 1.82) is 0 Å². The molecule has 0 radical (unpaired) electrons. The molecule has 0 atom stereocenters. The van der Waals surface area contributed by atoms with Crippen LogP contribution in [0.3, 0.4) is 0 Å². The third-order valence-corrected chi connectivity index (χ3v) is 0.699. The molecule has 0 aliphatic carbocycles. The predicted octanol–water partition coefficient (Wildman–Crippen LogP) is 1.72. The van der Waals surface area contributed by atoms with Gasteiger partial charge in [0.1, 0.15) is 0 Å². The average molecular weight is 179 g/mol. The van der Waals surface area contributed by atoms with Gasteiger partial charge >= 0.3 is 6.15 Å². The van der Waals surface area contributed by atoms with Gasteiger partial charge in [-0.15, -0.1) is 0 Å². The number of hydrogen-bond donors (Lipinski definition) is 0. The maximum atomic E-state index is 8.12. The molecule has 0 fully saturated rings. The predicted molar refractivity (Wildman–Crippen MR) is 33.4 cm³/mol. The molecule has 0 heterocycles. The zero-order valence-corrected chi connectivity index (χ0v) is 6.14. The van der Waals surface area contributed by atoms with Crippen LogP contribution < -0.4 is 0 Å². The Hall–Kier alpha value is -0.400. The van der Waals surface area contributed by atoms with Crippen LogP contribution in [0.1, 0.15) is 13.3 Å². The topological polar surface area (TPSA) is 34.1 Å². The number of hydrogen-bond acceptors (Lipinski definition) is 2. The molecule has 46 valence electrons. The molecule has 0 aliphatic heterocycles. The minimum Gasteiger partial charge on any atom is -0.186 e. The summed E-state index contributed by atoms with van der Waals surface area (Å²) in [4.78, 5) is 18.1. The summed E-state index contributed by atoms with van der Waals surface area (Å²) < 4.78 is 0. The monoisotopic (exact) mass is 178 g/mol. The Bertz CT molecular complexity index is 82.4. The van der Waals surface area contributed by atoms with Gasteiger partial charge in [0.25, 0.3) is 0 Å². The second-order valence-electron chi connectivity index (χ2n) is 0.853. The number of halogens is 1. The largest absolute Gasteiger partial charge is 0.373 e. The fourth-order valence-corrected chi connectivity index (χ4v) is 0.463. The third-order valence-electron chi connectivity index (χ3n) is 0.325. The van der Waals surface area contributed by atoms with Crippen molar-refractivity contribution in [3.05, 3.63) is 11.1 Å². The average Bonchev–Trinajstić information content (AvgIpc) is 1.71. The second kappa shape index (κ2) is 16.0. The lowest BCUT2D eigenvalue weighted by molar-refractivity contribution is -0.191. The quantitative estimate of drug-likeness (QED) is 0.614. The smallest absolute Gasteiger partial charge is 0.186 e. The highest BCUT2D eigenvalue weighted by atomic mass is 79.9. The zero-order chi connectivity index (χ0) is 6.83. The van der Waals surface area contributed by atoms with Gasteiger partial charge in [-0.1, -0.05) is 28.9 Å². The number of allylic oxidation sites excluding steroid dienone is 1. The minimum absolute atomic E-state index is 0.250.